The van der Waals surface area contributed by atoms with Crippen LogP contribution in [0.1, 0.15) is 25.5 Å². The number of amides is 2. The Hall–Kier alpha value is -1.88. The first-order valence-corrected chi connectivity index (χ1v) is 6.62. The van der Waals surface area contributed by atoms with Crippen LogP contribution in [0.25, 0.3) is 0 Å². The van der Waals surface area contributed by atoms with Gasteiger partial charge in [0, 0.05) is 7.11 Å². The molecule has 0 bridgehead atoms. The fourth-order valence-electron chi connectivity index (χ4n) is 2.27. The highest BCUT2D eigenvalue weighted by Crippen LogP contribution is 2.26. The molecule has 0 aromatic heterocycles. The van der Waals surface area contributed by atoms with E-state index >= 15 is 0 Å². The summed E-state index contributed by atoms with van der Waals surface area (Å²) < 4.78 is 5.38. The van der Waals surface area contributed by atoms with Gasteiger partial charge in [0.15, 0.2) is 0 Å². The zero-order valence-corrected chi connectivity index (χ0v) is 12.1. The molecule has 20 heavy (non-hydrogen) atoms. The molecule has 5 heteroatoms. The third-order valence-corrected chi connectivity index (χ3v) is 3.51. The van der Waals surface area contributed by atoms with E-state index in [1.807, 2.05) is 44.2 Å². The lowest BCUT2D eigenvalue weighted by Crippen LogP contribution is -2.56. The van der Waals surface area contributed by atoms with Gasteiger partial charge in [-0.1, -0.05) is 30.3 Å². The Balaban J connectivity index is 2.33. The third kappa shape index (κ3) is 2.99. The molecule has 1 aliphatic heterocycles. The van der Waals surface area contributed by atoms with Crippen LogP contribution in [0.2, 0.25) is 0 Å². The fraction of sp³-hybridized carbons (Fsp3) is 0.467. The van der Waals surface area contributed by atoms with Crippen molar-refractivity contribution >= 4 is 11.8 Å². The largest absolute Gasteiger partial charge is 0.377 e. The van der Waals surface area contributed by atoms with Crippen molar-refractivity contribution in [2.24, 2.45) is 0 Å². The predicted molar refractivity (Wildman–Crippen MR) is 75.0 cm³/mol. The average Bonchev–Trinajstić information content (AvgIpc) is 2.44. The minimum absolute atomic E-state index is 0.0436. The molecule has 0 radical (unpaired) electrons. The van der Waals surface area contributed by atoms with E-state index in [-0.39, 0.29) is 18.4 Å². The van der Waals surface area contributed by atoms with Gasteiger partial charge in [-0.3, -0.25) is 9.59 Å². The van der Waals surface area contributed by atoms with Gasteiger partial charge in [0.05, 0.1) is 18.7 Å². The molecule has 0 aliphatic carbocycles. The smallest absolute Gasteiger partial charge is 0.247 e. The van der Waals surface area contributed by atoms with Gasteiger partial charge in [-0.25, -0.2) is 0 Å². The molecule has 1 aliphatic rings. The van der Waals surface area contributed by atoms with Crippen LogP contribution in [0.4, 0.5) is 0 Å². The van der Waals surface area contributed by atoms with Crippen molar-refractivity contribution in [1.29, 1.82) is 0 Å². The molecule has 1 heterocycles. The number of methoxy groups -OCH3 is 1. The minimum atomic E-state index is -0.591. The van der Waals surface area contributed by atoms with E-state index in [0.717, 1.165) is 5.56 Å². The van der Waals surface area contributed by atoms with Crippen molar-refractivity contribution in [2.75, 3.05) is 20.2 Å². The lowest BCUT2D eigenvalue weighted by molar-refractivity contribution is -0.149. The first kappa shape index (κ1) is 14.5. The Morgan fingerprint density at radius 1 is 1.30 bits per heavy atom. The number of hydrogen-bond donors (Lipinski definition) is 1. The molecule has 1 aromatic rings. The third-order valence-electron chi connectivity index (χ3n) is 3.51. The number of benzene rings is 1. The molecule has 1 fully saturated rings. The second-order valence-electron chi connectivity index (χ2n) is 5.52. The van der Waals surface area contributed by atoms with Gasteiger partial charge in [0.25, 0.3) is 0 Å². The number of hydrogen-bond acceptors (Lipinski definition) is 3. The lowest BCUT2D eigenvalue weighted by atomic mass is 9.99. The summed E-state index contributed by atoms with van der Waals surface area (Å²) in [6, 6.07) is 8.73. The van der Waals surface area contributed by atoms with E-state index in [0.29, 0.717) is 6.54 Å². The molecular weight excluding hydrogens is 256 g/mol. The first-order chi connectivity index (χ1) is 9.44. The van der Waals surface area contributed by atoms with Gasteiger partial charge in [-0.05, 0) is 19.4 Å². The van der Waals surface area contributed by atoms with E-state index in [4.69, 9.17) is 4.74 Å². The molecule has 1 aromatic carbocycles. The summed E-state index contributed by atoms with van der Waals surface area (Å²) in [5.41, 5.74) is 0.310. The monoisotopic (exact) mass is 276 g/mol. The van der Waals surface area contributed by atoms with E-state index in [2.05, 4.69) is 5.32 Å². The maximum absolute atomic E-state index is 12.2. The zero-order valence-electron chi connectivity index (χ0n) is 12.1. The standard InChI is InChI=1S/C15H20N2O3/c1-15(2,20-3)10-17-12(18)9-16-14(19)13(17)11-7-5-4-6-8-11/h4-8,13H,9-10H2,1-3H3,(H,16,19). The summed E-state index contributed by atoms with van der Waals surface area (Å²) in [5, 5.41) is 2.64. The molecule has 5 nitrogen and oxygen atoms in total. The average molecular weight is 276 g/mol. The molecule has 1 N–H and O–H groups in total. The second kappa shape index (κ2) is 5.63. The number of nitrogens with one attached hydrogen (secondary N) is 1. The number of piperazine rings is 1. The van der Waals surface area contributed by atoms with Gasteiger partial charge < -0.3 is 15.0 Å². The van der Waals surface area contributed by atoms with Gasteiger partial charge in [-0.15, -0.1) is 0 Å². The maximum Gasteiger partial charge on any atom is 0.247 e. The second-order valence-corrected chi connectivity index (χ2v) is 5.52. The highest BCUT2D eigenvalue weighted by Gasteiger charge is 2.38. The molecule has 2 rings (SSSR count). The number of ether oxygens (including phenoxy) is 1. The van der Waals surface area contributed by atoms with Crippen molar-refractivity contribution < 1.29 is 14.3 Å². The van der Waals surface area contributed by atoms with Crippen LogP contribution in [0.15, 0.2) is 30.3 Å². The van der Waals surface area contributed by atoms with Crippen molar-refractivity contribution in [3.63, 3.8) is 0 Å². The Bertz CT molecular complexity index is 499. The van der Waals surface area contributed by atoms with Crippen molar-refractivity contribution in [1.82, 2.24) is 10.2 Å². The lowest BCUT2D eigenvalue weighted by Gasteiger charge is -2.39. The Kier molecular flexibility index (Phi) is 4.09. The summed E-state index contributed by atoms with van der Waals surface area (Å²) in [5.74, 6) is -0.244. The molecule has 1 atom stereocenters. The summed E-state index contributed by atoms with van der Waals surface area (Å²) >= 11 is 0. The Labute approximate surface area is 118 Å². The Morgan fingerprint density at radius 3 is 2.55 bits per heavy atom. The molecule has 0 saturated carbocycles. The van der Waals surface area contributed by atoms with Crippen molar-refractivity contribution in [3.05, 3.63) is 35.9 Å². The van der Waals surface area contributed by atoms with E-state index in [1.54, 1.807) is 12.0 Å². The van der Waals surface area contributed by atoms with Crippen LogP contribution in [0.5, 0.6) is 0 Å². The summed E-state index contributed by atoms with van der Waals surface area (Å²) in [6.07, 6.45) is 0. The molecule has 1 saturated heterocycles. The summed E-state index contributed by atoms with van der Waals surface area (Å²) in [4.78, 5) is 25.9. The predicted octanol–water partition coefficient (Wildman–Crippen LogP) is 1.11. The SMILES string of the molecule is COC(C)(C)CN1C(=O)CNC(=O)C1c1ccccc1. The van der Waals surface area contributed by atoms with Gasteiger partial charge in [0.2, 0.25) is 11.8 Å². The molecule has 1 unspecified atom stereocenters. The fourth-order valence-corrected chi connectivity index (χ4v) is 2.27. The Morgan fingerprint density at radius 2 is 1.95 bits per heavy atom. The van der Waals surface area contributed by atoms with Crippen LogP contribution in [-0.4, -0.2) is 42.5 Å². The zero-order chi connectivity index (χ0) is 14.8. The topological polar surface area (TPSA) is 58.6 Å². The van der Waals surface area contributed by atoms with Crippen molar-refractivity contribution in [3.8, 4) is 0 Å². The molecular formula is C15H20N2O3. The van der Waals surface area contributed by atoms with E-state index in [9.17, 15) is 9.59 Å². The summed E-state index contributed by atoms with van der Waals surface area (Å²) in [6.45, 7) is 4.21. The van der Waals surface area contributed by atoms with Crippen LogP contribution in [-0.2, 0) is 14.3 Å². The maximum atomic E-state index is 12.2. The highest BCUT2D eigenvalue weighted by atomic mass is 16.5. The van der Waals surface area contributed by atoms with Crippen LogP contribution in [0.3, 0.4) is 0 Å². The van der Waals surface area contributed by atoms with Crippen LogP contribution < -0.4 is 5.32 Å². The highest BCUT2D eigenvalue weighted by molar-refractivity contribution is 5.95. The number of carbonyl (C=O) groups is 2. The van der Waals surface area contributed by atoms with Gasteiger partial charge in [0.1, 0.15) is 6.04 Å². The van der Waals surface area contributed by atoms with Crippen molar-refractivity contribution in [2.45, 2.75) is 25.5 Å². The van der Waals surface area contributed by atoms with Gasteiger partial charge in [-0.2, -0.15) is 0 Å². The molecule has 2 amide bonds. The first-order valence-electron chi connectivity index (χ1n) is 6.62. The normalized spacial score (nSPS) is 19.9. The number of nitrogens with zero attached hydrogens (tertiary/aromatic N) is 1. The van der Waals surface area contributed by atoms with Crippen LogP contribution in [0, 0.1) is 0 Å². The number of carbonyl (C=O) groups excluding carboxylic acids is 2. The quantitative estimate of drug-likeness (QED) is 0.896. The summed E-state index contributed by atoms with van der Waals surface area (Å²) in [7, 11) is 1.60. The molecule has 0 spiro atoms. The minimum Gasteiger partial charge on any atom is -0.377 e. The van der Waals surface area contributed by atoms with Gasteiger partial charge >= 0.3 is 0 Å². The molecule has 108 valence electrons. The van der Waals surface area contributed by atoms with E-state index < -0.39 is 11.6 Å². The number of rotatable bonds is 4. The van der Waals surface area contributed by atoms with E-state index in [1.165, 1.54) is 0 Å². The van der Waals surface area contributed by atoms with Crippen LogP contribution >= 0.6 is 0 Å².